The fourth-order valence-electron chi connectivity index (χ4n) is 7.57. The molecule has 0 aromatic carbocycles. The van der Waals surface area contributed by atoms with Crippen LogP contribution in [-0.2, 0) is 37.9 Å². The molecule has 0 saturated carbocycles. The van der Waals surface area contributed by atoms with Gasteiger partial charge in [0.1, 0.15) is 12.2 Å². The first-order valence-electron chi connectivity index (χ1n) is 23.2. The van der Waals surface area contributed by atoms with Gasteiger partial charge < -0.3 is 37.9 Å². The maximum atomic E-state index is 6.86. The third-order valence-corrected chi connectivity index (χ3v) is 11.0. The molecular weight excluding hydrogens is 705 g/mol. The minimum absolute atomic E-state index is 0.0461. The van der Waals surface area contributed by atoms with Crippen molar-refractivity contribution in [1.82, 2.24) is 0 Å². The Kier molecular flexibility index (Phi) is 29.4. The van der Waals surface area contributed by atoms with Gasteiger partial charge in [0.05, 0.1) is 84.4 Å². The van der Waals surface area contributed by atoms with Crippen LogP contribution in [0, 0.1) is 65.1 Å². The van der Waals surface area contributed by atoms with Gasteiger partial charge in [-0.1, -0.05) is 111 Å². The van der Waals surface area contributed by atoms with Crippen molar-refractivity contribution in [3.8, 4) is 0 Å². The molecule has 336 valence electrons. The lowest BCUT2D eigenvalue weighted by Gasteiger charge is -2.32. The van der Waals surface area contributed by atoms with Gasteiger partial charge in [0, 0.05) is 12.5 Å². The minimum atomic E-state index is -0.235. The lowest BCUT2D eigenvalue weighted by atomic mass is 9.88. The Morgan fingerprint density at radius 3 is 1.36 bits per heavy atom. The highest BCUT2D eigenvalue weighted by Gasteiger charge is 2.27. The number of rotatable bonds is 34. The lowest BCUT2D eigenvalue weighted by molar-refractivity contribution is -0.171. The second-order valence-electron chi connectivity index (χ2n) is 20.6. The average molecular weight is 801 g/mol. The summed E-state index contributed by atoms with van der Waals surface area (Å²) in [5, 5.41) is 0. The Hall–Kier alpha value is -0.320. The highest BCUT2D eigenvalue weighted by Crippen LogP contribution is 2.24. The fraction of sp³-hybridized carbons (Fsp3) is 1.00. The van der Waals surface area contributed by atoms with Gasteiger partial charge >= 0.3 is 0 Å². The largest absolute Gasteiger partial charge is 0.381 e. The van der Waals surface area contributed by atoms with E-state index in [0.29, 0.717) is 125 Å². The molecule has 1 aliphatic heterocycles. The molecule has 0 aliphatic carbocycles. The van der Waals surface area contributed by atoms with E-state index in [1.165, 1.54) is 12.8 Å². The van der Waals surface area contributed by atoms with E-state index in [1.807, 2.05) is 0 Å². The Morgan fingerprint density at radius 2 is 0.839 bits per heavy atom. The standard InChI is InChI=1S/C48H96O8/c1-33(2)17-41(38(11)12)22-49-23-43(40(15)16)24-50-29-47(30-51-26-44(19-35(5)6)54-25-42(39(13)14)18-34(3)4)55-45(20-36(7)8)27-52-31-48-32-53-28-46(56-48)21-37(9)10/h33-48H,17-32H2,1-16H3/t41-,42-,43+,44?,45?,46?,47?,48?/m0/s1. The van der Waals surface area contributed by atoms with Crippen LogP contribution in [0.1, 0.15) is 143 Å². The summed E-state index contributed by atoms with van der Waals surface area (Å²) in [5.41, 5.74) is 0. The molecule has 0 aromatic rings. The van der Waals surface area contributed by atoms with Crippen LogP contribution in [0.15, 0.2) is 0 Å². The zero-order chi connectivity index (χ0) is 42.2. The van der Waals surface area contributed by atoms with Crippen molar-refractivity contribution < 1.29 is 37.9 Å². The van der Waals surface area contributed by atoms with E-state index in [0.717, 1.165) is 32.5 Å². The second-order valence-corrected chi connectivity index (χ2v) is 20.6. The summed E-state index contributed by atoms with van der Waals surface area (Å²) in [4.78, 5) is 0. The first-order valence-corrected chi connectivity index (χ1v) is 23.2. The minimum Gasteiger partial charge on any atom is -0.381 e. The molecule has 0 amide bonds. The summed E-state index contributed by atoms with van der Waals surface area (Å²) in [6, 6.07) is 0. The van der Waals surface area contributed by atoms with Crippen LogP contribution < -0.4 is 0 Å². The van der Waals surface area contributed by atoms with Gasteiger partial charge in [0.15, 0.2) is 0 Å². The molecule has 0 spiro atoms. The summed E-state index contributed by atoms with van der Waals surface area (Å²) >= 11 is 0. The molecule has 8 nitrogen and oxygen atoms in total. The molecule has 56 heavy (non-hydrogen) atoms. The third kappa shape index (κ3) is 26.7. The summed E-state index contributed by atoms with van der Waals surface area (Å²) in [7, 11) is 0. The van der Waals surface area contributed by atoms with Gasteiger partial charge in [-0.05, 0) is 91.3 Å². The predicted molar refractivity (Wildman–Crippen MR) is 233 cm³/mol. The molecule has 0 bridgehead atoms. The molecule has 5 unspecified atom stereocenters. The molecule has 0 radical (unpaired) electrons. The zero-order valence-corrected chi connectivity index (χ0v) is 39.8. The van der Waals surface area contributed by atoms with Crippen molar-refractivity contribution in [2.75, 3.05) is 72.7 Å². The first kappa shape index (κ1) is 53.7. The lowest BCUT2D eigenvalue weighted by Crippen LogP contribution is -2.40. The number of hydrogen-bond acceptors (Lipinski definition) is 8. The summed E-state index contributed by atoms with van der Waals surface area (Å²) < 4.78 is 51.4. The third-order valence-electron chi connectivity index (χ3n) is 11.0. The van der Waals surface area contributed by atoms with Crippen LogP contribution in [0.2, 0.25) is 0 Å². The summed E-state index contributed by atoms with van der Waals surface area (Å²) in [6.07, 6.45) is 5.01. The molecule has 8 heteroatoms. The molecule has 8 atom stereocenters. The Bertz CT molecular complexity index is 906. The van der Waals surface area contributed by atoms with Gasteiger partial charge in [-0.3, -0.25) is 0 Å². The normalized spacial score (nSPS) is 20.4. The smallest absolute Gasteiger partial charge is 0.105 e. The van der Waals surface area contributed by atoms with Crippen molar-refractivity contribution in [3.05, 3.63) is 0 Å². The van der Waals surface area contributed by atoms with Crippen LogP contribution in [0.25, 0.3) is 0 Å². The van der Waals surface area contributed by atoms with Gasteiger partial charge in [-0.2, -0.15) is 0 Å². The second kappa shape index (κ2) is 30.7. The highest BCUT2D eigenvalue weighted by molar-refractivity contribution is 4.73. The van der Waals surface area contributed by atoms with Crippen LogP contribution in [0.5, 0.6) is 0 Å². The first-order chi connectivity index (χ1) is 26.4. The maximum absolute atomic E-state index is 6.86. The van der Waals surface area contributed by atoms with Crippen molar-refractivity contribution in [1.29, 1.82) is 0 Å². The van der Waals surface area contributed by atoms with Gasteiger partial charge in [0.25, 0.3) is 0 Å². The Labute approximate surface area is 348 Å². The zero-order valence-electron chi connectivity index (χ0n) is 39.8. The summed E-state index contributed by atoms with van der Waals surface area (Å²) in [6.45, 7) is 43.0. The average Bonchev–Trinajstić information content (AvgIpc) is 3.07. The SMILES string of the molecule is CC(C)CC(COCC(COC[C@@H](COC[C@H](CC(C)C)C(C)C)C(C)C)OC(COCC1COCC(CC(C)C)O1)CC(C)C)OC[C@H](CC(C)C)C(C)C. The fourth-order valence-corrected chi connectivity index (χ4v) is 7.57. The molecule has 0 N–H and O–H groups in total. The van der Waals surface area contributed by atoms with Crippen LogP contribution in [0.4, 0.5) is 0 Å². The number of ether oxygens (including phenoxy) is 8. The highest BCUT2D eigenvalue weighted by atomic mass is 16.6. The van der Waals surface area contributed by atoms with Gasteiger partial charge in [0.2, 0.25) is 0 Å². The van der Waals surface area contributed by atoms with Crippen LogP contribution in [-0.4, -0.2) is 103 Å². The quantitative estimate of drug-likeness (QED) is 0.0637. The topological polar surface area (TPSA) is 73.8 Å². The molecule has 1 rings (SSSR count). The van der Waals surface area contributed by atoms with E-state index in [-0.39, 0.29) is 30.5 Å². The van der Waals surface area contributed by atoms with Crippen LogP contribution >= 0.6 is 0 Å². The van der Waals surface area contributed by atoms with E-state index in [9.17, 15) is 0 Å². The molecular formula is C48H96O8. The van der Waals surface area contributed by atoms with E-state index >= 15 is 0 Å². The number of hydrogen-bond donors (Lipinski definition) is 0. The Balaban J connectivity index is 3.00. The van der Waals surface area contributed by atoms with Gasteiger partial charge in [-0.25, -0.2) is 0 Å². The van der Waals surface area contributed by atoms with Crippen molar-refractivity contribution in [2.24, 2.45) is 65.1 Å². The molecule has 0 aromatic heterocycles. The van der Waals surface area contributed by atoms with Crippen molar-refractivity contribution in [2.45, 2.75) is 173 Å². The monoisotopic (exact) mass is 801 g/mol. The van der Waals surface area contributed by atoms with E-state index in [2.05, 4.69) is 111 Å². The van der Waals surface area contributed by atoms with Crippen LogP contribution in [0.3, 0.4) is 0 Å². The van der Waals surface area contributed by atoms with Crippen molar-refractivity contribution in [3.63, 3.8) is 0 Å². The van der Waals surface area contributed by atoms with E-state index in [4.69, 9.17) is 37.9 Å². The van der Waals surface area contributed by atoms with E-state index in [1.54, 1.807) is 0 Å². The Morgan fingerprint density at radius 1 is 0.411 bits per heavy atom. The molecule has 1 heterocycles. The molecule has 1 aliphatic rings. The maximum Gasteiger partial charge on any atom is 0.105 e. The van der Waals surface area contributed by atoms with Gasteiger partial charge in [-0.15, -0.1) is 0 Å². The van der Waals surface area contributed by atoms with E-state index < -0.39 is 0 Å². The van der Waals surface area contributed by atoms with Crippen molar-refractivity contribution >= 4 is 0 Å². The molecule has 1 fully saturated rings. The molecule has 1 saturated heterocycles. The summed E-state index contributed by atoms with van der Waals surface area (Å²) in [5.74, 6) is 5.93. The predicted octanol–water partition coefficient (Wildman–Crippen LogP) is 11.0.